The third kappa shape index (κ3) is 6.59. The van der Waals surface area contributed by atoms with Crippen LogP contribution in [0.3, 0.4) is 0 Å². The van der Waals surface area contributed by atoms with Crippen molar-refractivity contribution < 1.29 is 37.3 Å². The van der Waals surface area contributed by atoms with Gasteiger partial charge >= 0.3 is 12.1 Å². The molecule has 1 aromatic carbocycles. The van der Waals surface area contributed by atoms with Gasteiger partial charge in [0.1, 0.15) is 6.10 Å². The van der Waals surface area contributed by atoms with Crippen LogP contribution in [0.2, 0.25) is 0 Å². The minimum absolute atomic E-state index is 0.0213. The first kappa shape index (κ1) is 25.9. The van der Waals surface area contributed by atoms with Gasteiger partial charge in [0.15, 0.2) is 0 Å². The lowest BCUT2D eigenvalue weighted by molar-refractivity contribution is -0.192. The maximum atomic E-state index is 12.4. The molecular formula is C22H31F3N2O5. The molecule has 0 aliphatic carbocycles. The van der Waals surface area contributed by atoms with E-state index in [9.17, 15) is 18.0 Å². The number of carboxylic acids is 1. The highest BCUT2D eigenvalue weighted by molar-refractivity contribution is 5.81. The van der Waals surface area contributed by atoms with Crippen LogP contribution >= 0.6 is 0 Å². The van der Waals surface area contributed by atoms with Crippen LogP contribution in [0, 0.1) is 5.92 Å². The van der Waals surface area contributed by atoms with Crippen molar-refractivity contribution in [3.8, 4) is 0 Å². The van der Waals surface area contributed by atoms with Crippen molar-refractivity contribution >= 4 is 17.6 Å². The van der Waals surface area contributed by atoms with Crippen LogP contribution in [-0.2, 0) is 24.5 Å². The van der Waals surface area contributed by atoms with Crippen LogP contribution < -0.4 is 10.2 Å². The maximum absolute atomic E-state index is 12.4. The minimum atomic E-state index is -5.08. The Bertz CT molecular complexity index is 787. The van der Waals surface area contributed by atoms with Crippen molar-refractivity contribution in [3.63, 3.8) is 0 Å². The van der Waals surface area contributed by atoms with Gasteiger partial charge in [-0.2, -0.15) is 13.2 Å². The fourth-order valence-corrected chi connectivity index (χ4v) is 3.94. The number of anilines is 1. The van der Waals surface area contributed by atoms with E-state index < -0.39 is 12.1 Å². The van der Waals surface area contributed by atoms with Gasteiger partial charge in [-0.15, -0.1) is 0 Å². The summed E-state index contributed by atoms with van der Waals surface area (Å²) in [5.41, 5.74) is 2.59. The number of halogens is 3. The Balaban J connectivity index is 0.000000451. The number of carbonyl (C=O) groups is 2. The summed E-state index contributed by atoms with van der Waals surface area (Å²) in [5, 5.41) is 10.0. The standard InChI is InChI=1S/C20H30N2O3.C2HF3O2/c1-15(2)8-10-22-13-20(16-6-4-5-7-17(16)22)12-18(25-14-20)19(23)21-9-11-24-3;3-2(4,5)1(6)7/h4-7,15,18H,8-14H2,1-3H3,(H,21,23);(H,6,7). The van der Waals surface area contributed by atoms with E-state index >= 15 is 0 Å². The number of carboxylic acid groups (broad SMARTS) is 1. The molecule has 7 nitrogen and oxygen atoms in total. The molecule has 1 saturated heterocycles. The molecule has 1 amide bonds. The molecule has 10 heteroatoms. The van der Waals surface area contributed by atoms with Gasteiger partial charge in [-0.05, 0) is 30.4 Å². The molecule has 0 saturated carbocycles. The summed E-state index contributed by atoms with van der Waals surface area (Å²) in [6, 6.07) is 8.61. The van der Waals surface area contributed by atoms with E-state index in [1.165, 1.54) is 17.7 Å². The summed E-state index contributed by atoms with van der Waals surface area (Å²) in [6.07, 6.45) is -3.53. The second-order valence-corrected chi connectivity index (χ2v) is 8.49. The van der Waals surface area contributed by atoms with Gasteiger partial charge in [0.05, 0.1) is 13.2 Å². The van der Waals surface area contributed by atoms with E-state index in [-0.39, 0.29) is 17.4 Å². The van der Waals surface area contributed by atoms with E-state index in [0.29, 0.717) is 25.7 Å². The van der Waals surface area contributed by atoms with Crippen molar-refractivity contribution in [3.05, 3.63) is 29.8 Å². The Morgan fingerprint density at radius 2 is 2.00 bits per heavy atom. The van der Waals surface area contributed by atoms with Crippen molar-refractivity contribution in [1.82, 2.24) is 5.32 Å². The molecule has 2 aliphatic heterocycles. The topological polar surface area (TPSA) is 88.1 Å². The largest absolute Gasteiger partial charge is 0.490 e. The molecule has 0 bridgehead atoms. The number of methoxy groups -OCH3 is 1. The van der Waals surface area contributed by atoms with Gasteiger partial charge in [-0.25, -0.2) is 4.79 Å². The molecule has 180 valence electrons. The number of nitrogens with one attached hydrogen (secondary N) is 1. The van der Waals surface area contributed by atoms with Gasteiger partial charge in [0, 0.05) is 37.8 Å². The Labute approximate surface area is 185 Å². The Hall–Kier alpha value is -2.33. The lowest BCUT2D eigenvalue weighted by Crippen LogP contribution is -2.38. The van der Waals surface area contributed by atoms with Gasteiger partial charge < -0.3 is 24.8 Å². The predicted molar refractivity (Wildman–Crippen MR) is 113 cm³/mol. The molecule has 2 unspecified atom stereocenters. The number of para-hydroxylation sites is 1. The summed E-state index contributed by atoms with van der Waals surface area (Å²) in [4.78, 5) is 23.7. The lowest BCUT2D eigenvalue weighted by Gasteiger charge is -2.25. The van der Waals surface area contributed by atoms with Gasteiger partial charge in [-0.3, -0.25) is 4.79 Å². The molecule has 1 spiro atoms. The first-order valence-corrected chi connectivity index (χ1v) is 10.5. The normalized spacial score (nSPS) is 22.0. The number of rotatable bonds is 7. The highest BCUT2D eigenvalue weighted by atomic mass is 19.4. The SMILES string of the molecule is COCCNC(=O)C1CC2(CO1)CN(CCC(C)C)c1ccccc12.O=C(O)C(F)(F)F. The molecular weight excluding hydrogens is 429 g/mol. The molecule has 32 heavy (non-hydrogen) atoms. The lowest BCUT2D eigenvalue weighted by atomic mass is 9.80. The summed E-state index contributed by atoms with van der Waals surface area (Å²) in [7, 11) is 1.63. The monoisotopic (exact) mass is 460 g/mol. The number of hydrogen-bond donors (Lipinski definition) is 2. The number of alkyl halides is 3. The number of carbonyl (C=O) groups excluding carboxylic acids is 1. The summed E-state index contributed by atoms with van der Waals surface area (Å²) < 4.78 is 42.7. The van der Waals surface area contributed by atoms with Crippen molar-refractivity contribution in [2.45, 2.75) is 44.4 Å². The second-order valence-electron chi connectivity index (χ2n) is 8.49. The van der Waals surface area contributed by atoms with Crippen LogP contribution in [0.4, 0.5) is 18.9 Å². The average Bonchev–Trinajstić information content (AvgIpc) is 3.29. The van der Waals surface area contributed by atoms with E-state index in [4.69, 9.17) is 19.4 Å². The second kappa shape index (κ2) is 11.0. The molecule has 2 heterocycles. The van der Waals surface area contributed by atoms with Crippen LogP contribution in [0.15, 0.2) is 24.3 Å². The zero-order valence-electron chi connectivity index (χ0n) is 18.6. The van der Waals surface area contributed by atoms with Crippen LogP contribution in [0.5, 0.6) is 0 Å². The Morgan fingerprint density at radius 3 is 2.59 bits per heavy atom. The smallest absolute Gasteiger partial charge is 0.475 e. The van der Waals surface area contributed by atoms with Crippen LogP contribution in [0.25, 0.3) is 0 Å². The summed E-state index contributed by atoms with van der Waals surface area (Å²) in [5.74, 6) is -2.10. The highest BCUT2D eigenvalue weighted by Crippen LogP contribution is 2.47. The molecule has 2 aliphatic rings. The Kier molecular flexibility index (Phi) is 8.91. The fraction of sp³-hybridized carbons (Fsp3) is 0.636. The first-order valence-electron chi connectivity index (χ1n) is 10.5. The van der Waals surface area contributed by atoms with E-state index in [2.05, 4.69) is 48.3 Å². The molecule has 1 fully saturated rings. The van der Waals surface area contributed by atoms with E-state index in [1.54, 1.807) is 7.11 Å². The maximum Gasteiger partial charge on any atom is 0.490 e. The number of aliphatic carboxylic acids is 1. The van der Waals surface area contributed by atoms with Crippen LogP contribution in [-0.4, -0.2) is 69.2 Å². The summed E-state index contributed by atoms with van der Waals surface area (Å²) >= 11 is 0. The zero-order valence-corrected chi connectivity index (χ0v) is 18.6. The number of ether oxygens (including phenoxy) is 2. The predicted octanol–water partition coefficient (Wildman–Crippen LogP) is 2.98. The number of amides is 1. The van der Waals surface area contributed by atoms with E-state index in [1.807, 2.05) is 0 Å². The third-order valence-electron chi connectivity index (χ3n) is 5.56. The molecule has 2 N–H and O–H groups in total. The zero-order chi connectivity index (χ0) is 23.9. The number of fused-ring (bicyclic) bond motifs is 2. The van der Waals surface area contributed by atoms with Crippen LogP contribution in [0.1, 0.15) is 32.3 Å². The quantitative estimate of drug-likeness (QED) is 0.609. The highest BCUT2D eigenvalue weighted by Gasteiger charge is 2.50. The van der Waals surface area contributed by atoms with E-state index in [0.717, 1.165) is 19.5 Å². The van der Waals surface area contributed by atoms with Crippen molar-refractivity contribution in [1.29, 1.82) is 0 Å². The third-order valence-corrected chi connectivity index (χ3v) is 5.56. The van der Waals surface area contributed by atoms with Gasteiger partial charge in [-0.1, -0.05) is 32.0 Å². The summed E-state index contributed by atoms with van der Waals surface area (Å²) in [6.45, 7) is 8.19. The number of nitrogens with zero attached hydrogens (tertiary/aromatic N) is 1. The molecule has 0 radical (unpaired) electrons. The van der Waals surface area contributed by atoms with Gasteiger partial charge in [0.2, 0.25) is 5.91 Å². The molecule has 1 aromatic rings. The number of hydrogen-bond acceptors (Lipinski definition) is 5. The molecule has 3 rings (SSSR count). The van der Waals surface area contributed by atoms with Crippen molar-refractivity contribution in [2.24, 2.45) is 5.92 Å². The van der Waals surface area contributed by atoms with Gasteiger partial charge in [0.25, 0.3) is 0 Å². The Morgan fingerprint density at radius 1 is 1.34 bits per heavy atom. The van der Waals surface area contributed by atoms with Crippen molar-refractivity contribution in [2.75, 3.05) is 44.9 Å². The number of benzene rings is 1. The molecule has 2 atom stereocenters. The average molecular weight is 460 g/mol. The first-order chi connectivity index (χ1) is 15.0. The minimum Gasteiger partial charge on any atom is -0.475 e. The molecule has 0 aromatic heterocycles. The fourth-order valence-electron chi connectivity index (χ4n) is 3.94.